The SMILES string of the molecule is COc1ccc(N2C(=S)N[C@H](c3ccccn3)[C@@H]2c2ccc(-c3ccc(C(=O)O)cc3C)o2)cc1NS(C)(=O)=O. The van der Waals surface area contributed by atoms with Crippen molar-refractivity contribution in [1.82, 2.24) is 10.3 Å². The van der Waals surface area contributed by atoms with Crippen LogP contribution in [-0.4, -0.2) is 43.0 Å². The maximum Gasteiger partial charge on any atom is 0.335 e. The Morgan fingerprint density at radius 1 is 1.15 bits per heavy atom. The fourth-order valence-electron chi connectivity index (χ4n) is 4.78. The van der Waals surface area contributed by atoms with Gasteiger partial charge in [-0.05, 0) is 79.3 Å². The van der Waals surface area contributed by atoms with Crippen molar-refractivity contribution in [1.29, 1.82) is 0 Å². The molecule has 0 unspecified atom stereocenters. The number of rotatable bonds is 8. The lowest BCUT2D eigenvalue weighted by Crippen LogP contribution is -2.29. The van der Waals surface area contributed by atoms with E-state index in [2.05, 4.69) is 15.0 Å². The highest BCUT2D eigenvalue weighted by Gasteiger charge is 2.43. The van der Waals surface area contributed by atoms with Crippen molar-refractivity contribution in [2.24, 2.45) is 0 Å². The summed E-state index contributed by atoms with van der Waals surface area (Å²) in [6.07, 6.45) is 2.76. The van der Waals surface area contributed by atoms with Crippen LogP contribution in [0.3, 0.4) is 0 Å². The summed E-state index contributed by atoms with van der Waals surface area (Å²) in [7, 11) is -2.13. The molecule has 0 aliphatic carbocycles. The van der Waals surface area contributed by atoms with Crippen LogP contribution in [0.25, 0.3) is 11.3 Å². The van der Waals surface area contributed by atoms with Crippen LogP contribution in [0, 0.1) is 6.92 Å². The number of anilines is 2. The first kappa shape index (κ1) is 27.2. The number of aromatic nitrogens is 1. The van der Waals surface area contributed by atoms with Gasteiger partial charge in [-0.25, -0.2) is 13.2 Å². The normalized spacial score (nSPS) is 17.0. The molecular formula is C28H26N4O6S2. The maximum atomic E-state index is 12.0. The van der Waals surface area contributed by atoms with E-state index in [0.29, 0.717) is 28.1 Å². The number of methoxy groups -OCH3 is 1. The lowest BCUT2D eigenvalue weighted by Gasteiger charge is -2.27. The molecule has 0 radical (unpaired) electrons. The number of thiocarbonyl (C=S) groups is 1. The first-order chi connectivity index (χ1) is 19.1. The first-order valence-electron chi connectivity index (χ1n) is 12.2. The molecule has 2 atom stereocenters. The smallest absolute Gasteiger partial charge is 0.335 e. The van der Waals surface area contributed by atoms with E-state index in [1.165, 1.54) is 13.2 Å². The molecule has 206 valence electrons. The number of carbonyl (C=O) groups is 1. The topological polar surface area (TPSA) is 134 Å². The summed E-state index contributed by atoms with van der Waals surface area (Å²) in [6.45, 7) is 1.83. The third-order valence-electron chi connectivity index (χ3n) is 6.51. The number of furan rings is 1. The Kier molecular flexibility index (Phi) is 7.21. The fourth-order valence-corrected chi connectivity index (χ4v) is 5.68. The van der Waals surface area contributed by atoms with Crippen molar-refractivity contribution in [3.63, 3.8) is 0 Å². The van der Waals surface area contributed by atoms with Crippen LogP contribution in [0.1, 0.15) is 39.5 Å². The number of aromatic carboxylic acids is 1. The van der Waals surface area contributed by atoms with Gasteiger partial charge in [-0.1, -0.05) is 12.1 Å². The van der Waals surface area contributed by atoms with Gasteiger partial charge in [0.1, 0.15) is 23.3 Å². The number of pyridine rings is 1. The summed E-state index contributed by atoms with van der Waals surface area (Å²) in [5, 5.41) is 13.1. The van der Waals surface area contributed by atoms with E-state index in [1.807, 2.05) is 42.2 Å². The van der Waals surface area contributed by atoms with E-state index in [9.17, 15) is 18.3 Å². The van der Waals surface area contributed by atoms with Gasteiger partial charge in [0.15, 0.2) is 5.11 Å². The Bertz CT molecular complexity index is 1700. The van der Waals surface area contributed by atoms with Gasteiger partial charge in [-0.3, -0.25) is 9.71 Å². The molecule has 2 aromatic carbocycles. The molecule has 12 heteroatoms. The highest BCUT2D eigenvalue weighted by molar-refractivity contribution is 7.92. The number of nitrogens with zero attached hydrogens (tertiary/aromatic N) is 2. The molecule has 5 rings (SSSR count). The minimum Gasteiger partial charge on any atom is -0.495 e. The van der Waals surface area contributed by atoms with Crippen molar-refractivity contribution in [2.45, 2.75) is 19.0 Å². The predicted octanol–water partition coefficient (Wildman–Crippen LogP) is 4.91. The summed E-state index contributed by atoms with van der Waals surface area (Å²) in [4.78, 5) is 17.8. The highest BCUT2D eigenvalue weighted by atomic mass is 32.2. The maximum absolute atomic E-state index is 12.0. The second-order valence-electron chi connectivity index (χ2n) is 9.29. The van der Waals surface area contributed by atoms with Crippen molar-refractivity contribution in [3.8, 4) is 17.1 Å². The fraction of sp³-hybridized carbons (Fsp3) is 0.179. The molecule has 0 saturated carbocycles. The second-order valence-corrected chi connectivity index (χ2v) is 11.4. The number of hydrogen-bond donors (Lipinski definition) is 3. The van der Waals surface area contributed by atoms with E-state index in [1.54, 1.807) is 36.5 Å². The number of aryl methyl sites for hydroxylation is 1. The van der Waals surface area contributed by atoms with Crippen molar-refractivity contribution < 1.29 is 27.5 Å². The minimum absolute atomic E-state index is 0.192. The van der Waals surface area contributed by atoms with Gasteiger partial charge in [0, 0.05) is 17.4 Å². The molecular weight excluding hydrogens is 552 g/mol. The molecule has 3 heterocycles. The number of ether oxygens (including phenoxy) is 1. The lowest BCUT2D eigenvalue weighted by molar-refractivity contribution is 0.0696. The second kappa shape index (κ2) is 10.6. The molecule has 3 N–H and O–H groups in total. The zero-order valence-corrected chi connectivity index (χ0v) is 23.4. The van der Waals surface area contributed by atoms with Gasteiger partial charge in [0.2, 0.25) is 10.0 Å². The summed E-state index contributed by atoms with van der Waals surface area (Å²) < 4.78 is 38.3. The van der Waals surface area contributed by atoms with Crippen molar-refractivity contribution >= 4 is 44.7 Å². The largest absolute Gasteiger partial charge is 0.495 e. The molecule has 1 fully saturated rings. The third-order valence-corrected chi connectivity index (χ3v) is 7.42. The number of carboxylic acids is 1. The predicted molar refractivity (Wildman–Crippen MR) is 155 cm³/mol. The lowest BCUT2D eigenvalue weighted by atomic mass is 10.0. The molecule has 40 heavy (non-hydrogen) atoms. The molecule has 10 nitrogen and oxygen atoms in total. The average molecular weight is 579 g/mol. The Balaban J connectivity index is 1.61. The Labute approximate surface area is 236 Å². The highest BCUT2D eigenvalue weighted by Crippen LogP contribution is 2.44. The van der Waals surface area contributed by atoms with E-state index in [0.717, 1.165) is 23.1 Å². The summed E-state index contributed by atoms with van der Waals surface area (Å²) >= 11 is 5.77. The molecule has 4 aromatic rings. The van der Waals surface area contributed by atoms with E-state index in [-0.39, 0.29) is 11.3 Å². The van der Waals surface area contributed by atoms with Crippen LogP contribution in [0.4, 0.5) is 11.4 Å². The quantitative estimate of drug-likeness (QED) is 0.248. The van der Waals surface area contributed by atoms with Crippen LogP contribution >= 0.6 is 12.2 Å². The van der Waals surface area contributed by atoms with Gasteiger partial charge in [0.25, 0.3) is 0 Å². The molecule has 1 saturated heterocycles. The number of benzene rings is 2. The first-order valence-corrected chi connectivity index (χ1v) is 14.5. The molecule has 0 bridgehead atoms. The summed E-state index contributed by atoms with van der Waals surface area (Å²) in [5.41, 5.74) is 3.31. The van der Waals surface area contributed by atoms with Gasteiger partial charge in [-0.15, -0.1) is 0 Å². The van der Waals surface area contributed by atoms with E-state index < -0.39 is 28.1 Å². The van der Waals surface area contributed by atoms with Crippen LogP contribution in [0.15, 0.2) is 77.3 Å². The zero-order valence-electron chi connectivity index (χ0n) is 21.8. The summed E-state index contributed by atoms with van der Waals surface area (Å²) in [5.74, 6) is 0.494. The number of sulfonamides is 1. The third kappa shape index (κ3) is 5.36. The minimum atomic E-state index is -3.59. The Morgan fingerprint density at radius 3 is 2.60 bits per heavy atom. The molecule has 0 spiro atoms. The Morgan fingerprint density at radius 2 is 1.95 bits per heavy atom. The standard InChI is InChI=1S/C28H26N4O6S2/c1-16-14-17(27(33)34)7-9-19(16)22-11-12-24(38-22)26-25(20-6-4-5-13-29-20)30-28(39)32(26)18-8-10-23(37-2)21(15-18)31-40(3,35)36/h4-15,25-26,31H,1-3H3,(H,30,39)(H,33,34)/t25-,26+/m1/s1. The van der Waals surface area contributed by atoms with Gasteiger partial charge in [0.05, 0.1) is 36.4 Å². The molecule has 0 amide bonds. The molecule has 1 aliphatic rings. The molecule has 1 aliphatic heterocycles. The zero-order chi connectivity index (χ0) is 28.6. The van der Waals surface area contributed by atoms with Crippen LogP contribution < -0.4 is 19.7 Å². The van der Waals surface area contributed by atoms with Gasteiger partial charge in [-0.2, -0.15) is 0 Å². The van der Waals surface area contributed by atoms with Crippen LogP contribution in [-0.2, 0) is 10.0 Å². The van der Waals surface area contributed by atoms with Crippen LogP contribution in [0.2, 0.25) is 0 Å². The monoisotopic (exact) mass is 578 g/mol. The number of hydrogen-bond acceptors (Lipinski definition) is 7. The van der Waals surface area contributed by atoms with Crippen LogP contribution in [0.5, 0.6) is 5.75 Å². The van der Waals surface area contributed by atoms with Gasteiger partial charge >= 0.3 is 5.97 Å². The average Bonchev–Trinajstić information content (AvgIpc) is 3.52. The van der Waals surface area contributed by atoms with Crippen molar-refractivity contribution in [3.05, 3.63) is 95.5 Å². The van der Waals surface area contributed by atoms with Crippen molar-refractivity contribution in [2.75, 3.05) is 23.0 Å². The summed E-state index contributed by atoms with van der Waals surface area (Å²) in [6, 6.07) is 18.4. The van der Waals surface area contributed by atoms with Gasteiger partial charge < -0.3 is 24.5 Å². The number of nitrogens with one attached hydrogen (secondary N) is 2. The molecule has 2 aromatic heterocycles. The number of carboxylic acid groups (broad SMARTS) is 1. The Hall–Kier alpha value is -4.42. The van der Waals surface area contributed by atoms with E-state index in [4.69, 9.17) is 21.4 Å². The van der Waals surface area contributed by atoms with E-state index >= 15 is 0 Å².